The second kappa shape index (κ2) is 48.1. The maximum atomic E-state index is 13.2. The van der Waals surface area contributed by atoms with Crippen LogP contribution >= 0.6 is 0 Å². The molecule has 61 heavy (non-hydrogen) atoms. The number of unbranched alkanes of at least 4 members (excludes halogenated alkanes) is 23. The number of hydrogen-bond donors (Lipinski definition) is 3. The summed E-state index contributed by atoms with van der Waals surface area (Å²) >= 11 is 0. The molecule has 0 fully saturated rings. The van der Waals surface area contributed by atoms with Crippen molar-refractivity contribution in [2.45, 2.75) is 244 Å². The molecule has 0 aromatic carbocycles. The number of aliphatic hydroxyl groups excluding tert-OH is 2. The summed E-state index contributed by atoms with van der Waals surface area (Å²) in [5.41, 5.74) is 0. The zero-order valence-electron chi connectivity index (χ0n) is 39.8. The summed E-state index contributed by atoms with van der Waals surface area (Å²) in [6.45, 7) is 6.29. The molecular formula is C55H95NO5. The van der Waals surface area contributed by atoms with Gasteiger partial charge >= 0.3 is 5.97 Å². The highest BCUT2D eigenvalue weighted by molar-refractivity contribution is 5.77. The summed E-state index contributed by atoms with van der Waals surface area (Å²) in [6, 6.07) is -0.721. The van der Waals surface area contributed by atoms with Crippen molar-refractivity contribution in [2.24, 2.45) is 0 Å². The van der Waals surface area contributed by atoms with E-state index in [-0.39, 0.29) is 24.9 Å². The third-order valence-electron chi connectivity index (χ3n) is 11.1. The van der Waals surface area contributed by atoms with Crippen molar-refractivity contribution in [3.8, 4) is 0 Å². The monoisotopic (exact) mass is 850 g/mol. The molecule has 3 atom stereocenters. The van der Waals surface area contributed by atoms with Crippen molar-refractivity contribution in [2.75, 3.05) is 6.61 Å². The van der Waals surface area contributed by atoms with E-state index >= 15 is 0 Å². The summed E-state index contributed by atoms with van der Waals surface area (Å²) in [5, 5.41) is 23.7. The van der Waals surface area contributed by atoms with Gasteiger partial charge in [0, 0.05) is 6.42 Å². The van der Waals surface area contributed by atoms with Crippen LogP contribution in [0.2, 0.25) is 0 Å². The lowest BCUT2D eigenvalue weighted by atomic mass is 10.0. The molecule has 0 radical (unpaired) electrons. The smallest absolute Gasteiger partial charge is 0.306 e. The van der Waals surface area contributed by atoms with Crippen LogP contribution in [0.15, 0.2) is 85.1 Å². The molecule has 0 aliphatic heterocycles. The van der Waals surface area contributed by atoms with E-state index in [4.69, 9.17) is 4.74 Å². The fourth-order valence-corrected chi connectivity index (χ4v) is 7.26. The molecule has 6 nitrogen and oxygen atoms in total. The normalized spacial score (nSPS) is 14.0. The fourth-order valence-electron chi connectivity index (χ4n) is 7.26. The van der Waals surface area contributed by atoms with Crippen molar-refractivity contribution in [3.05, 3.63) is 85.1 Å². The Morgan fingerprint density at radius 1 is 0.492 bits per heavy atom. The van der Waals surface area contributed by atoms with Gasteiger partial charge in [0.1, 0.15) is 6.10 Å². The third-order valence-corrected chi connectivity index (χ3v) is 11.1. The zero-order valence-corrected chi connectivity index (χ0v) is 39.8. The van der Waals surface area contributed by atoms with Crippen LogP contribution in [0.1, 0.15) is 226 Å². The molecule has 0 heterocycles. The van der Waals surface area contributed by atoms with E-state index in [0.717, 1.165) is 96.3 Å². The molecular weight excluding hydrogens is 755 g/mol. The average molecular weight is 850 g/mol. The summed E-state index contributed by atoms with van der Waals surface area (Å²) in [4.78, 5) is 26.1. The highest BCUT2D eigenvalue weighted by Crippen LogP contribution is 2.17. The first kappa shape index (κ1) is 58.0. The highest BCUT2D eigenvalue weighted by Gasteiger charge is 2.24. The van der Waals surface area contributed by atoms with E-state index in [9.17, 15) is 19.8 Å². The standard InChI is InChI=1S/C55H95NO5/c1-4-7-10-13-16-19-22-24-25-26-27-28-30-33-36-39-42-45-48-55(60)61-51(46-43-40-37-34-31-21-18-15-12-9-6-3)49-54(59)56-52(50-57)53(58)47-44-41-38-35-32-29-23-20-17-14-11-8-5-2/h9,12,15-16,18-19,21-22,24-28,31,51-53,57-58H,4-8,10-11,13-14,17,20,23,29-30,32-50H2,1-3H3,(H,56,59)/b12-9+,18-15+,19-16+,24-22+,26-25+,28-27+,31-21-. The number of allylic oxidation sites excluding steroid dienone is 14. The van der Waals surface area contributed by atoms with Gasteiger partial charge < -0.3 is 20.3 Å². The van der Waals surface area contributed by atoms with Gasteiger partial charge in [-0.1, -0.05) is 228 Å². The highest BCUT2D eigenvalue weighted by atomic mass is 16.5. The van der Waals surface area contributed by atoms with Crippen molar-refractivity contribution in [3.63, 3.8) is 0 Å². The molecule has 0 aromatic rings. The van der Waals surface area contributed by atoms with Crippen LogP contribution in [0.3, 0.4) is 0 Å². The van der Waals surface area contributed by atoms with E-state index in [0.29, 0.717) is 19.3 Å². The number of aliphatic hydroxyl groups is 2. The first-order valence-corrected chi connectivity index (χ1v) is 25.4. The molecule has 0 saturated heterocycles. The van der Waals surface area contributed by atoms with Crippen molar-refractivity contribution >= 4 is 11.9 Å². The molecule has 0 bridgehead atoms. The molecule has 0 spiro atoms. The van der Waals surface area contributed by atoms with Crippen molar-refractivity contribution in [1.82, 2.24) is 5.32 Å². The lowest BCUT2D eigenvalue weighted by Crippen LogP contribution is -2.46. The van der Waals surface area contributed by atoms with E-state index in [1.54, 1.807) is 0 Å². The quantitative estimate of drug-likeness (QED) is 0.0322. The van der Waals surface area contributed by atoms with Gasteiger partial charge in [0.2, 0.25) is 5.91 Å². The number of amides is 1. The van der Waals surface area contributed by atoms with Crippen LogP contribution in [-0.2, 0) is 14.3 Å². The zero-order chi connectivity index (χ0) is 44.5. The lowest BCUT2D eigenvalue weighted by molar-refractivity contribution is -0.151. The molecule has 6 heteroatoms. The molecule has 1 amide bonds. The molecule has 0 aromatic heterocycles. The SMILES string of the molecule is CC/C=C/C=C/C=C\CCCCCC(CC(=O)NC(CO)C(O)CCCCCCCCCCCCCCC)OC(=O)CCCCCCC/C=C/C=C/C=C/C=C/CCCCC. The topological polar surface area (TPSA) is 95.9 Å². The van der Waals surface area contributed by atoms with Crippen molar-refractivity contribution in [1.29, 1.82) is 0 Å². The van der Waals surface area contributed by atoms with Gasteiger partial charge in [0.05, 0.1) is 25.2 Å². The number of rotatable bonds is 44. The van der Waals surface area contributed by atoms with Gasteiger partial charge in [-0.3, -0.25) is 9.59 Å². The molecule has 0 rings (SSSR count). The minimum atomic E-state index is -0.805. The number of carbonyl (C=O) groups excluding carboxylic acids is 2. The second-order valence-corrected chi connectivity index (χ2v) is 17.0. The predicted molar refractivity (Wildman–Crippen MR) is 264 cm³/mol. The Morgan fingerprint density at radius 2 is 0.885 bits per heavy atom. The van der Waals surface area contributed by atoms with Crippen LogP contribution in [0, 0.1) is 0 Å². The maximum Gasteiger partial charge on any atom is 0.306 e. The Kier molecular flexibility index (Phi) is 45.7. The van der Waals surface area contributed by atoms with E-state index in [2.05, 4.69) is 99.0 Å². The summed E-state index contributed by atoms with van der Waals surface area (Å²) < 4.78 is 5.90. The Hall–Kier alpha value is -2.96. The van der Waals surface area contributed by atoms with Crippen LogP contribution in [0.4, 0.5) is 0 Å². The maximum absolute atomic E-state index is 13.2. The summed E-state index contributed by atoms with van der Waals surface area (Å²) in [6.07, 6.45) is 62.1. The first-order valence-electron chi connectivity index (χ1n) is 25.4. The third kappa shape index (κ3) is 43.5. The Bertz CT molecular complexity index is 1180. The number of esters is 1. The van der Waals surface area contributed by atoms with Crippen LogP contribution in [-0.4, -0.2) is 46.9 Å². The average Bonchev–Trinajstić information content (AvgIpc) is 3.25. The van der Waals surface area contributed by atoms with Crippen molar-refractivity contribution < 1.29 is 24.5 Å². The Balaban J connectivity index is 4.62. The number of nitrogens with one attached hydrogen (secondary N) is 1. The van der Waals surface area contributed by atoms with Gasteiger partial charge in [-0.15, -0.1) is 0 Å². The summed E-state index contributed by atoms with van der Waals surface area (Å²) in [7, 11) is 0. The van der Waals surface area contributed by atoms with Gasteiger partial charge in [-0.25, -0.2) is 0 Å². The van der Waals surface area contributed by atoms with Crippen LogP contribution < -0.4 is 5.32 Å². The van der Waals surface area contributed by atoms with Gasteiger partial charge in [0.15, 0.2) is 0 Å². The van der Waals surface area contributed by atoms with Crippen LogP contribution in [0.5, 0.6) is 0 Å². The number of carbonyl (C=O) groups is 2. The van der Waals surface area contributed by atoms with Gasteiger partial charge in [0.25, 0.3) is 0 Å². The molecule has 3 unspecified atom stereocenters. The number of hydrogen-bond acceptors (Lipinski definition) is 5. The molecule has 0 aliphatic rings. The van der Waals surface area contributed by atoms with E-state index in [1.165, 1.54) is 83.5 Å². The second-order valence-electron chi connectivity index (χ2n) is 17.0. The molecule has 350 valence electrons. The van der Waals surface area contributed by atoms with E-state index in [1.807, 2.05) is 12.2 Å². The fraction of sp³-hybridized carbons (Fsp3) is 0.709. The van der Waals surface area contributed by atoms with Gasteiger partial charge in [-0.2, -0.15) is 0 Å². The Morgan fingerprint density at radius 3 is 1.39 bits per heavy atom. The summed E-state index contributed by atoms with van der Waals surface area (Å²) in [5.74, 6) is -0.541. The predicted octanol–water partition coefficient (Wildman–Crippen LogP) is 15.2. The van der Waals surface area contributed by atoms with Gasteiger partial charge in [-0.05, 0) is 70.6 Å². The number of ether oxygens (including phenoxy) is 1. The minimum absolute atomic E-state index is 0.0405. The molecule has 0 aliphatic carbocycles. The Labute approximate surface area is 376 Å². The molecule has 3 N–H and O–H groups in total. The minimum Gasteiger partial charge on any atom is -0.462 e. The first-order chi connectivity index (χ1) is 30.0. The van der Waals surface area contributed by atoms with Crippen LogP contribution in [0.25, 0.3) is 0 Å². The van der Waals surface area contributed by atoms with E-state index < -0.39 is 18.2 Å². The largest absolute Gasteiger partial charge is 0.462 e. The molecule has 0 saturated carbocycles. The lowest BCUT2D eigenvalue weighted by Gasteiger charge is -2.24.